The zero-order chi connectivity index (χ0) is 8.72. The molecule has 2 bridgehead atoms. The van der Waals surface area contributed by atoms with E-state index in [-0.39, 0.29) is 0 Å². The lowest BCUT2D eigenvalue weighted by atomic mass is 9.88. The third kappa shape index (κ3) is 0.989. The molecule has 0 radical (unpaired) electrons. The Morgan fingerprint density at radius 1 is 1.58 bits per heavy atom. The van der Waals surface area contributed by atoms with E-state index in [2.05, 4.69) is 38.7 Å². The standard InChI is InChI=1S/C12H14/c1-8(2)12-6-9(3)10-4-5-11(12)7-10/h4-6,10H,1,7H2,2-3H3/t10-/m1/s1. The second-order valence-electron chi connectivity index (χ2n) is 3.78. The van der Waals surface area contributed by atoms with Crippen molar-refractivity contribution in [3.05, 3.63) is 47.1 Å². The van der Waals surface area contributed by atoms with Crippen molar-refractivity contribution in [3.63, 3.8) is 0 Å². The minimum absolute atomic E-state index is 0.683. The lowest BCUT2D eigenvalue weighted by Gasteiger charge is -2.17. The van der Waals surface area contributed by atoms with Gasteiger partial charge in [0, 0.05) is 5.92 Å². The van der Waals surface area contributed by atoms with Gasteiger partial charge in [0.05, 0.1) is 0 Å². The molecule has 0 unspecified atom stereocenters. The van der Waals surface area contributed by atoms with Gasteiger partial charge >= 0.3 is 0 Å². The van der Waals surface area contributed by atoms with Crippen LogP contribution in [0.4, 0.5) is 0 Å². The minimum atomic E-state index is 0.683. The third-order valence-electron chi connectivity index (χ3n) is 2.73. The van der Waals surface area contributed by atoms with Gasteiger partial charge in [-0.2, -0.15) is 0 Å². The largest absolute Gasteiger partial charge is 0.0955 e. The molecule has 0 N–H and O–H groups in total. The zero-order valence-electron chi connectivity index (χ0n) is 7.72. The highest BCUT2D eigenvalue weighted by Crippen LogP contribution is 2.37. The summed E-state index contributed by atoms with van der Waals surface area (Å²) >= 11 is 0. The molecule has 0 saturated heterocycles. The van der Waals surface area contributed by atoms with Crippen LogP contribution in [-0.4, -0.2) is 0 Å². The molecule has 0 amide bonds. The van der Waals surface area contributed by atoms with E-state index in [4.69, 9.17) is 0 Å². The molecule has 0 aromatic heterocycles. The fourth-order valence-corrected chi connectivity index (χ4v) is 1.94. The van der Waals surface area contributed by atoms with E-state index in [0.29, 0.717) is 5.92 Å². The fraction of sp³-hybridized carbons (Fsp3) is 0.333. The summed E-state index contributed by atoms with van der Waals surface area (Å²) in [5.41, 5.74) is 5.50. The van der Waals surface area contributed by atoms with E-state index in [0.717, 1.165) is 0 Å². The van der Waals surface area contributed by atoms with Crippen LogP contribution in [0.15, 0.2) is 47.1 Å². The molecule has 0 heterocycles. The summed E-state index contributed by atoms with van der Waals surface area (Å²) in [5.74, 6) is 0.683. The topological polar surface area (TPSA) is 0 Å². The molecule has 0 aromatic rings. The van der Waals surface area contributed by atoms with Crippen molar-refractivity contribution in [2.24, 2.45) is 5.92 Å². The summed E-state index contributed by atoms with van der Waals surface area (Å²) in [4.78, 5) is 0. The predicted molar refractivity (Wildman–Crippen MR) is 52.8 cm³/mol. The first-order valence-electron chi connectivity index (χ1n) is 4.44. The SMILES string of the molecule is C=C(C)C1=C2C=C[C@H](C2)C(C)=C1. The summed E-state index contributed by atoms with van der Waals surface area (Å²) in [6.07, 6.45) is 8.04. The predicted octanol–water partition coefficient (Wildman–Crippen LogP) is 3.40. The second-order valence-corrected chi connectivity index (χ2v) is 3.78. The second kappa shape index (κ2) is 2.48. The average molecular weight is 158 g/mol. The summed E-state index contributed by atoms with van der Waals surface area (Å²) in [7, 11) is 0. The van der Waals surface area contributed by atoms with E-state index in [9.17, 15) is 0 Å². The van der Waals surface area contributed by atoms with Gasteiger partial charge in [-0.3, -0.25) is 0 Å². The van der Waals surface area contributed by atoms with Crippen LogP contribution < -0.4 is 0 Å². The van der Waals surface area contributed by atoms with Crippen molar-refractivity contribution >= 4 is 0 Å². The van der Waals surface area contributed by atoms with Gasteiger partial charge in [0.25, 0.3) is 0 Å². The Morgan fingerprint density at radius 2 is 2.33 bits per heavy atom. The molecule has 0 fully saturated rings. The number of fused-ring (bicyclic) bond motifs is 2. The van der Waals surface area contributed by atoms with Gasteiger partial charge in [-0.15, -0.1) is 0 Å². The van der Waals surface area contributed by atoms with Crippen molar-refractivity contribution in [2.75, 3.05) is 0 Å². The van der Waals surface area contributed by atoms with Crippen LogP contribution in [0.25, 0.3) is 0 Å². The Balaban J connectivity index is 2.50. The van der Waals surface area contributed by atoms with Gasteiger partial charge in [0.2, 0.25) is 0 Å². The van der Waals surface area contributed by atoms with Gasteiger partial charge < -0.3 is 0 Å². The molecule has 0 heteroatoms. The molecule has 1 atom stereocenters. The van der Waals surface area contributed by atoms with Gasteiger partial charge in [-0.05, 0) is 31.4 Å². The number of hydrogen-bond donors (Lipinski definition) is 0. The first-order valence-corrected chi connectivity index (χ1v) is 4.44. The van der Waals surface area contributed by atoms with Crippen molar-refractivity contribution in [1.82, 2.24) is 0 Å². The highest BCUT2D eigenvalue weighted by atomic mass is 14.3. The Hall–Kier alpha value is -1.04. The van der Waals surface area contributed by atoms with Gasteiger partial charge in [-0.1, -0.05) is 36.0 Å². The van der Waals surface area contributed by atoms with Crippen LogP contribution in [0.1, 0.15) is 20.3 Å². The number of allylic oxidation sites excluding steroid dienone is 7. The van der Waals surface area contributed by atoms with Crippen LogP contribution >= 0.6 is 0 Å². The number of hydrogen-bond acceptors (Lipinski definition) is 0. The highest BCUT2D eigenvalue weighted by molar-refractivity contribution is 5.53. The van der Waals surface area contributed by atoms with Gasteiger partial charge in [0.15, 0.2) is 0 Å². The average Bonchev–Trinajstić information content (AvgIpc) is 2.42. The minimum Gasteiger partial charge on any atom is -0.0955 e. The maximum atomic E-state index is 3.99. The molecule has 0 spiro atoms. The lowest BCUT2D eigenvalue weighted by molar-refractivity contribution is 0.770. The Kier molecular flexibility index (Phi) is 1.57. The fourth-order valence-electron chi connectivity index (χ4n) is 1.94. The Labute approximate surface area is 74.0 Å². The maximum absolute atomic E-state index is 3.99. The monoisotopic (exact) mass is 158 g/mol. The third-order valence-corrected chi connectivity index (χ3v) is 2.73. The summed E-state index contributed by atoms with van der Waals surface area (Å²) < 4.78 is 0. The molecule has 0 saturated carbocycles. The van der Waals surface area contributed by atoms with Gasteiger partial charge in [0.1, 0.15) is 0 Å². The zero-order valence-corrected chi connectivity index (χ0v) is 7.72. The lowest BCUT2D eigenvalue weighted by Crippen LogP contribution is -2.01. The van der Waals surface area contributed by atoms with Crippen LogP contribution in [-0.2, 0) is 0 Å². The highest BCUT2D eigenvalue weighted by Gasteiger charge is 2.21. The Morgan fingerprint density at radius 3 is 3.00 bits per heavy atom. The van der Waals surface area contributed by atoms with Crippen LogP contribution in [0.5, 0.6) is 0 Å². The molecule has 12 heavy (non-hydrogen) atoms. The van der Waals surface area contributed by atoms with E-state index in [1.54, 1.807) is 0 Å². The van der Waals surface area contributed by atoms with Gasteiger partial charge in [-0.25, -0.2) is 0 Å². The quantitative estimate of drug-likeness (QED) is 0.548. The van der Waals surface area contributed by atoms with E-state index < -0.39 is 0 Å². The van der Waals surface area contributed by atoms with Crippen LogP contribution in [0.2, 0.25) is 0 Å². The molecular formula is C12H14. The molecule has 0 aromatic carbocycles. The van der Waals surface area contributed by atoms with E-state index >= 15 is 0 Å². The van der Waals surface area contributed by atoms with Crippen LogP contribution in [0.3, 0.4) is 0 Å². The first kappa shape index (κ1) is 7.60. The smallest absolute Gasteiger partial charge is 0.00211 e. The Bertz CT molecular complexity index is 324. The first-order chi connectivity index (χ1) is 5.68. The van der Waals surface area contributed by atoms with E-state index in [1.807, 2.05) is 0 Å². The van der Waals surface area contributed by atoms with Crippen molar-refractivity contribution in [3.8, 4) is 0 Å². The molecule has 2 rings (SSSR count). The van der Waals surface area contributed by atoms with E-state index in [1.165, 1.54) is 28.7 Å². The summed E-state index contributed by atoms with van der Waals surface area (Å²) in [6.45, 7) is 8.28. The summed E-state index contributed by atoms with van der Waals surface area (Å²) in [6, 6.07) is 0. The normalized spacial score (nSPS) is 26.2. The van der Waals surface area contributed by atoms with Crippen molar-refractivity contribution in [2.45, 2.75) is 20.3 Å². The number of rotatable bonds is 1. The molecule has 2 aliphatic rings. The molecule has 2 aliphatic carbocycles. The molecule has 0 aliphatic heterocycles. The van der Waals surface area contributed by atoms with Crippen LogP contribution in [0, 0.1) is 5.92 Å². The molecule has 62 valence electrons. The van der Waals surface area contributed by atoms with Crippen molar-refractivity contribution < 1.29 is 0 Å². The maximum Gasteiger partial charge on any atom is 0.00211 e. The molecule has 0 nitrogen and oxygen atoms in total. The van der Waals surface area contributed by atoms with Crippen molar-refractivity contribution in [1.29, 1.82) is 0 Å². The summed E-state index contributed by atoms with van der Waals surface area (Å²) in [5, 5.41) is 0. The molecular weight excluding hydrogens is 144 g/mol.